The van der Waals surface area contributed by atoms with Gasteiger partial charge in [-0.25, -0.2) is 0 Å². The van der Waals surface area contributed by atoms with Crippen molar-refractivity contribution in [3.05, 3.63) is 134 Å². The van der Waals surface area contributed by atoms with Gasteiger partial charge in [0.2, 0.25) is 5.91 Å². The Bertz CT molecular complexity index is 2000. The van der Waals surface area contributed by atoms with Gasteiger partial charge in [-0.3, -0.25) is 9.36 Å². The molecule has 0 aliphatic rings. The van der Waals surface area contributed by atoms with E-state index in [0.717, 1.165) is 96.3 Å². The number of quaternary nitrogens is 1. The van der Waals surface area contributed by atoms with Crippen LogP contribution in [0.1, 0.15) is 348 Å². The number of aliphatic hydroxyl groups is 1. The van der Waals surface area contributed by atoms with Gasteiger partial charge in [-0.15, -0.1) is 0 Å². The Kier molecular flexibility index (Phi) is 71.2. The molecule has 0 spiro atoms. The summed E-state index contributed by atoms with van der Waals surface area (Å²) in [5, 5.41) is 14.0. The second-order valence-corrected chi connectivity index (χ2v) is 29.1. The highest BCUT2D eigenvalue weighted by molar-refractivity contribution is 7.45. The molecule has 0 saturated heterocycles. The first-order chi connectivity index (χ1) is 46.0. The van der Waals surface area contributed by atoms with Crippen LogP contribution in [0.15, 0.2) is 134 Å². The van der Waals surface area contributed by atoms with Gasteiger partial charge in [0, 0.05) is 6.42 Å². The van der Waals surface area contributed by atoms with Crippen LogP contribution >= 0.6 is 7.82 Å². The van der Waals surface area contributed by atoms with E-state index in [4.69, 9.17) is 9.05 Å². The fourth-order valence-corrected chi connectivity index (χ4v) is 12.0. The number of amides is 1. The largest absolute Gasteiger partial charge is 0.756 e. The fraction of sp³-hybridized carbons (Fsp3) is 0.729. The highest BCUT2D eigenvalue weighted by Gasteiger charge is 2.23. The highest BCUT2D eigenvalue weighted by Crippen LogP contribution is 2.38. The Morgan fingerprint density at radius 3 is 0.989 bits per heavy atom. The molecule has 0 aliphatic carbocycles. The number of nitrogens with one attached hydrogen (secondary N) is 1. The van der Waals surface area contributed by atoms with E-state index < -0.39 is 26.6 Å². The minimum Gasteiger partial charge on any atom is -0.756 e. The van der Waals surface area contributed by atoms with Gasteiger partial charge in [-0.05, 0) is 109 Å². The number of hydrogen-bond donors (Lipinski definition) is 2. The Labute approximate surface area is 583 Å². The number of hydrogen-bond acceptors (Lipinski definition) is 6. The second kappa shape index (κ2) is 73.9. The molecule has 1 amide bonds. The number of nitrogens with zero attached hydrogens (tertiary/aromatic N) is 1. The fourth-order valence-electron chi connectivity index (χ4n) is 11.3. The molecule has 0 rings (SSSR count). The number of carbonyl (C=O) groups is 1. The SMILES string of the molecule is CC/C=C\C/C=C\C/C=C\C/C=C\C/C=C\C/C=C\C/C=C\C/C=C\CCCCCCCCCCCCCCCCCCC(=O)NC(COP(=O)([O-])OCC[N+](C)(C)C)C(O)/C=C/CC/C=C/CC/C=C/CCCCCCCCCCCCCCCCCCCCCCC. The molecule has 0 bridgehead atoms. The van der Waals surface area contributed by atoms with Crippen molar-refractivity contribution in [2.75, 3.05) is 40.9 Å². The number of allylic oxidation sites excluding steroid dienone is 21. The quantitative estimate of drug-likeness (QED) is 0.0272. The van der Waals surface area contributed by atoms with E-state index in [0.29, 0.717) is 17.4 Å². The summed E-state index contributed by atoms with van der Waals surface area (Å²) in [4.78, 5) is 25.7. The molecule has 3 unspecified atom stereocenters. The van der Waals surface area contributed by atoms with Crippen molar-refractivity contribution in [2.24, 2.45) is 0 Å². The van der Waals surface area contributed by atoms with Crippen LogP contribution in [-0.4, -0.2) is 68.5 Å². The molecule has 94 heavy (non-hydrogen) atoms. The van der Waals surface area contributed by atoms with Crippen LogP contribution in [0.25, 0.3) is 0 Å². The molecule has 0 radical (unpaired) electrons. The molecule has 0 heterocycles. The maximum Gasteiger partial charge on any atom is 0.268 e. The van der Waals surface area contributed by atoms with Crippen LogP contribution < -0.4 is 10.2 Å². The Balaban J connectivity index is 4.06. The van der Waals surface area contributed by atoms with Crippen LogP contribution in [0, 0.1) is 0 Å². The Hall–Kier alpha value is -3.36. The van der Waals surface area contributed by atoms with E-state index in [1.165, 1.54) is 231 Å². The van der Waals surface area contributed by atoms with Gasteiger partial charge in [0.25, 0.3) is 7.82 Å². The molecule has 9 heteroatoms. The van der Waals surface area contributed by atoms with Crippen molar-refractivity contribution >= 4 is 13.7 Å². The molecule has 8 nitrogen and oxygen atoms in total. The van der Waals surface area contributed by atoms with Crippen LogP contribution in [0.3, 0.4) is 0 Å². The van der Waals surface area contributed by atoms with Crippen molar-refractivity contribution in [1.82, 2.24) is 5.32 Å². The summed E-state index contributed by atoms with van der Waals surface area (Å²) in [5.41, 5.74) is 0. The lowest BCUT2D eigenvalue weighted by Gasteiger charge is -2.29. The van der Waals surface area contributed by atoms with E-state index in [9.17, 15) is 19.4 Å². The van der Waals surface area contributed by atoms with Gasteiger partial charge in [0.15, 0.2) is 0 Å². The number of carbonyl (C=O) groups excluding carboxylic acids is 1. The lowest BCUT2D eigenvalue weighted by molar-refractivity contribution is -0.870. The summed E-state index contributed by atoms with van der Waals surface area (Å²) in [6.45, 7) is 4.54. The predicted molar refractivity (Wildman–Crippen MR) is 412 cm³/mol. The van der Waals surface area contributed by atoms with Crippen molar-refractivity contribution in [2.45, 2.75) is 360 Å². The molecule has 542 valence electrons. The third kappa shape index (κ3) is 76.0. The summed E-state index contributed by atoms with van der Waals surface area (Å²) in [6, 6.07) is -0.919. The maximum atomic E-state index is 13.1. The summed E-state index contributed by atoms with van der Waals surface area (Å²) < 4.78 is 23.5. The zero-order valence-electron chi connectivity index (χ0n) is 62.1. The number of likely N-dealkylation sites (N-methyl/N-ethyl adjacent to an activating group) is 1. The molecule has 0 aromatic rings. The number of unbranched alkanes of at least 4 members (excludes halogenated alkanes) is 39. The first-order valence-corrected chi connectivity index (χ1v) is 41.0. The molecule has 0 aliphatic heterocycles. The van der Waals surface area contributed by atoms with Crippen LogP contribution in [0.5, 0.6) is 0 Å². The topological polar surface area (TPSA) is 108 Å². The smallest absolute Gasteiger partial charge is 0.268 e. The molecule has 0 saturated carbocycles. The first-order valence-electron chi connectivity index (χ1n) is 39.5. The van der Waals surface area contributed by atoms with Gasteiger partial charge < -0.3 is 28.8 Å². The van der Waals surface area contributed by atoms with Crippen LogP contribution in [0.2, 0.25) is 0 Å². The Morgan fingerprint density at radius 2 is 0.660 bits per heavy atom. The molecule has 0 fully saturated rings. The minimum atomic E-state index is -4.63. The van der Waals surface area contributed by atoms with Gasteiger partial charge in [-0.1, -0.05) is 366 Å². The van der Waals surface area contributed by atoms with E-state index in [1.54, 1.807) is 6.08 Å². The first kappa shape index (κ1) is 90.6. The van der Waals surface area contributed by atoms with Crippen molar-refractivity contribution in [1.29, 1.82) is 0 Å². The normalized spacial score (nSPS) is 14.2. The number of phosphoric ester groups is 1. The molecule has 0 aromatic heterocycles. The third-order valence-electron chi connectivity index (χ3n) is 17.3. The molecular formula is C85H151N2O6P. The van der Waals surface area contributed by atoms with Crippen molar-refractivity contribution in [3.8, 4) is 0 Å². The van der Waals surface area contributed by atoms with Crippen LogP contribution in [-0.2, 0) is 18.4 Å². The maximum absolute atomic E-state index is 13.1. The third-order valence-corrected chi connectivity index (χ3v) is 18.3. The monoisotopic (exact) mass is 1330 g/mol. The van der Waals surface area contributed by atoms with E-state index >= 15 is 0 Å². The average molecular weight is 1330 g/mol. The van der Waals surface area contributed by atoms with E-state index in [2.05, 4.69) is 141 Å². The van der Waals surface area contributed by atoms with Crippen molar-refractivity contribution in [3.63, 3.8) is 0 Å². The average Bonchev–Trinajstić information content (AvgIpc) is 1.77. The standard InChI is InChI=1S/C85H151N2O6P/c1-6-8-10-12-14-16-18-20-22-24-26-28-30-32-34-36-38-39-40-41-42-43-44-45-46-47-49-51-53-55-57-59-61-63-65-67-69-71-73-75-77-79-85(89)86-83(82-93-94(90,91)92-81-80-87(3,4)5)84(88)78-76-74-72-70-68-66-64-62-60-58-56-54-52-50-48-37-35-33-31-29-27-25-23-21-19-17-15-13-11-9-7-2/h8,10,14,16,20,22,26,28,32,34,38-39,41-42,44-45,60,62,68,70,76,78,83-84,88H,6-7,9,11-13,15,17-19,21,23-25,27,29-31,33,35-37,40,43,46-59,61,63-67,69,71-75,77,79-82H2,1-5H3,(H-,86,89,90,91)/b10-8-,16-14-,22-20-,28-26-,34-32-,39-38-,42-41-,45-44-,62-60+,70-68+,78-76+. The van der Waals surface area contributed by atoms with Crippen molar-refractivity contribution < 1.29 is 32.9 Å². The van der Waals surface area contributed by atoms with Gasteiger partial charge >= 0.3 is 0 Å². The number of aliphatic hydroxyl groups excluding tert-OH is 1. The highest BCUT2D eigenvalue weighted by atomic mass is 31.2. The number of rotatable bonds is 72. The molecule has 2 N–H and O–H groups in total. The predicted octanol–water partition coefficient (Wildman–Crippen LogP) is 25.5. The second-order valence-electron chi connectivity index (χ2n) is 27.7. The van der Waals surface area contributed by atoms with Gasteiger partial charge in [-0.2, -0.15) is 0 Å². The van der Waals surface area contributed by atoms with Gasteiger partial charge in [0.05, 0.1) is 39.9 Å². The lowest BCUT2D eigenvalue weighted by atomic mass is 10.0. The van der Waals surface area contributed by atoms with Gasteiger partial charge in [0.1, 0.15) is 13.2 Å². The Morgan fingerprint density at radius 1 is 0.383 bits per heavy atom. The minimum absolute atomic E-state index is 0.0130. The zero-order valence-corrected chi connectivity index (χ0v) is 63.0. The summed E-state index contributed by atoms with van der Waals surface area (Å²) in [6.07, 6.45) is 112. The zero-order chi connectivity index (χ0) is 68.3. The van der Waals surface area contributed by atoms with E-state index in [1.807, 2.05) is 27.2 Å². The summed E-state index contributed by atoms with van der Waals surface area (Å²) in [5.74, 6) is -0.211. The van der Waals surface area contributed by atoms with E-state index in [-0.39, 0.29) is 12.5 Å². The molecular weight excluding hydrogens is 1180 g/mol. The lowest BCUT2D eigenvalue weighted by Crippen LogP contribution is -2.45. The van der Waals surface area contributed by atoms with Crippen LogP contribution in [0.4, 0.5) is 0 Å². The summed E-state index contributed by atoms with van der Waals surface area (Å²) >= 11 is 0. The summed E-state index contributed by atoms with van der Waals surface area (Å²) in [7, 11) is 1.23. The number of phosphoric acid groups is 1. The molecule has 0 aromatic carbocycles. The molecule has 3 atom stereocenters.